The van der Waals surface area contributed by atoms with Gasteiger partial charge in [0.05, 0.1) is 39.6 Å². The van der Waals surface area contributed by atoms with Crippen molar-refractivity contribution in [2.45, 2.75) is 78.3 Å². The summed E-state index contributed by atoms with van der Waals surface area (Å²) >= 11 is 0. The summed E-state index contributed by atoms with van der Waals surface area (Å²) in [4.78, 5) is 0. The lowest BCUT2D eigenvalue weighted by atomic mass is 10.2. The first-order valence-corrected chi connectivity index (χ1v) is 16.1. The first-order valence-electron chi connectivity index (χ1n) is 11.5. The minimum atomic E-state index is -4.45. The van der Waals surface area contributed by atoms with Crippen molar-refractivity contribution in [1.29, 1.82) is 0 Å². The van der Waals surface area contributed by atoms with Crippen LogP contribution in [0.3, 0.4) is 0 Å². The van der Waals surface area contributed by atoms with Gasteiger partial charge in [-0.15, -0.1) is 0 Å². The van der Waals surface area contributed by atoms with Gasteiger partial charge in [-0.3, -0.25) is 13.7 Å². The Bertz CT molecular complexity index is 539. The Hall–Kier alpha value is 0.410. The number of hydrogen-bond donors (Lipinski definition) is 1. The molecule has 0 aliphatic heterocycles. The molecule has 0 bridgehead atoms. The highest BCUT2D eigenvalue weighted by Crippen LogP contribution is 2.92. The van der Waals surface area contributed by atoms with Crippen molar-refractivity contribution in [1.82, 2.24) is 0 Å². The fourth-order valence-electron chi connectivity index (χ4n) is 3.44. The topological polar surface area (TPSA) is 127 Å². The Kier molecular flexibility index (Phi) is 16.4. The molecule has 0 heterocycles. The summed E-state index contributed by atoms with van der Waals surface area (Å²) < 4.78 is 74.6. The number of hydrogen-bond acceptors (Lipinski definition) is 10. The first kappa shape index (κ1) is 32.4. The summed E-state index contributed by atoms with van der Waals surface area (Å²) in [6.45, 7) is 9.35. The third-order valence-electron chi connectivity index (χ3n) is 4.53. The molecule has 0 aromatic carbocycles. The van der Waals surface area contributed by atoms with Crippen LogP contribution in [-0.2, 0) is 40.8 Å². The Balaban J connectivity index is 7.15. The molecule has 0 spiro atoms. The molecule has 0 saturated heterocycles. The molecule has 0 fully saturated rings. The number of rotatable bonds is 21. The van der Waals surface area contributed by atoms with E-state index in [0.29, 0.717) is 25.7 Å². The molecule has 0 aliphatic carbocycles. The summed E-state index contributed by atoms with van der Waals surface area (Å²) in [6, 6.07) is 0. The van der Waals surface area contributed by atoms with E-state index in [4.69, 9.17) is 32.2 Å². The minimum absolute atomic E-state index is 0.0360. The van der Waals surface area contributed by atoms with Gasteiger partial charge in [0.25, 0.3) is 4.64 Å². The SMILES string of the molecule is CCOP(=O)(OCC)C(CCCCCCO)(P(=O)(OCC)OCC)P(=O)(OCC)OCC. The van der Waals surface area contributed by atoms with Gasteiger partial charge in [-0.2, -0.15) is 0 Å². The van der Waals surface area contributed by atoms with Gasteiger partial charge < -0.3 is 32.2 Å². The fraction of sp³-hybridized carbons (Fsp3) is 1.00. The van der Waals surface area contributed by atoms with Crippen LogP contribution < -0.4 is 0 Å². The van der Waals surface area contributed by atoms with E-state index in [9.17, 15) is 13.7 Å². The average Bonchev–Trinajstić information content (AvgIpc) is 2.71. The van der Waals surface area contributed by atoms with Crippen LogP contribution in [0.5, 0.6) is 0 Å². The van der Waals surface area contributed by atoms with Gasteiger partial charge in [-0.25, -0.2) is 0 Å². The zero-order valence-electron chi connectivity index (χ0n) is 20.4. The molecule has 0 unspecified atom stereocenters. The predicted octanol–water partition coefficient (Wildman–Crippen LogP) is 6.38. The quantitative estimate of drug-likeness (QED) is 0.133. The molecule has 32 heavy (non-hydrogen) atoms. The number of unbranched alkanes of at least 4 members (excludes halogenated alkanes) is 3. The molecule has 0 aromatic rings. The Morgan fingerprint density at radius 2 is 0.812 bits per heavy atom. The molecule has 0 saturated carbocycles. The Labute approximate surface area is 193 Å². The molecule has 0 aromatic heterocycles. The molecule has 13 heteroatoms. The zero-order chi connectivity index (χ0) is 24.7. The minimum Gasteiger partial charge on any atom is -0.396 e. The summed E-state index contributed by atoms with van der Waals surface area (Å²) in [5.41, 5.74) is 0. The molecular weight excluding hydrogens is 481 g/mol. The van der Waals surface area contributed by atoms with Crippen LogP contribution in [0.4, 0.5) is 0 Å². The standard InChI is InChI=1S/C19H43O10P3/c1-7-24-30(21,25-8-2)19(17-15-13-14-16-18-20,31(22,26-9-3)27-10-4)32(23,28-11-5)29-12-6/h20H,7-18H2,1-6H3. The molecule has 0 radical (unpaired) electrons. The third-order valence-corrected chi connectivity index (χ3v) is 15.8. The first-order chi connectivity index (χ1) is 15.2. The summed E-state index contributed by atoms with van der Waals surface area (Å²) in [5, 5.41) is 9.08. The molecule has 0 amide bonds. The van der Waals surface area contributed by atoms with E-state index < -0.39 is 27.4 Å². The van der Waals surface area contributed by atoms with E-state index in [0.717, 1.165) is 0 Å². The van der Waals surface area contributed by atoms with Crippen LogP contribution in [0.2, 0.25) is 0 Å². The summed E-state index contributed by atoms with van der Waals surface area (Å²) in [6.07, 6.45) is 1.99. The number of aliphatic hydroxyl groups excluding tert-OH is 1. The predicted molar refractivity (Wildman–Crippen MR) is 125 cm³/mol. The molecule has 194 valence electrons. The monoisotopic (exact) mass is 524 g/mol. The lowest BCUT2D eigenvalue weighted by Gasteiger charge is -2.44. The van der Waals surface area contributed by atoms with E-state index >= 15 is 0 Å². The fourth-order valence-corrected chi connectivity index (χ4v) is 13.9. The van der Waals surface area contributed by atoms with Crippen LogP contribution in [-0.4, -0.2) is 56.0 Å². The van der Waals surface area contributed by atoms with Crippen molar-refractivity contribution >= 4 is 22.8 Å². The zero-order valence-corrected chi connectivity index (χ0v) is 23.1. The maximum Gasteiger partial charge on any atom is 0.361 e. The van der Waals surface area contributed by atoms with Crippen LogP contribution in [0.15, 0.2) is 0 Å². The van der Waals surface area contributed by atoms with Gasteiger partial charge in [-0.05, 0) is 54.4 Å². The molecule has 10 nitrogen and oxygen atoms in total. The second kappa shape index (κ2) is 16.1. The van der Waals surface area contributed by atoms with Crippen molar-refractivity contribution < 1.29 is 45.9 Å². The second-order valence-electron chi connectivity index (χ2n) is 6.66. The Morgan fingerprint density at radius 3 is 1.06 bits per heavy atom. The Morgan fingerprint density at radius 1 is 0.531 bits per heavy atom. The van der Waals surface area contributed by atoms with E-state index in [-0.39, 0.29) is 52.7 Å². The maximum atomic E-state index is 14.4. The van der Waals surface area contributed by atoms with Gasteiger partial charge in [-0.1, -0.05) is 19.3 Å². The lowest BCUT2D eigenvalue weighted by Crippen LogP contribution is -2.35. The van der Waals surface area contributed by atoms with Gasteiger partial charge in [0.1, 0.15) is 0 Å². The summed E-state index contributed by atoms with van der Waals surface area (Å²) in [5.74, 6) is 0. The smallest absolute Gasteiger partial charge is 0.361 e. The number of aliphatic hydroxyl groups is 1. The van der Waals surface area contributed by atoms with Crippen molar-refractivity contribution in [2.75, 3.05) is 46.2 Å². The second-order valence-corrected chi connectivity index (χ2v) is 14.5. The van der Waals surface area contributed by atoms with Crippen molar-refractivity contribution in [2.24, 2.45) is 0 Å². The van der Waals surface area contributed by atoms with Crippen molar-refractivity contribution in [3.8, 4) is 0 Å². The van der Waals surface area contributed by atoms with Crippen LogP contribution >= 0.6 is 22.8 Å². The van der Waals surface area contributed by atoms with Crippen LogP contribution in [0.25, 0.3) is 0 Å². The average molecular weight is 524 g/mol. The van der Waals surface area contributed by atoms with Crippen molar-refractivity contribution in [3.63, 3.8) is 0 Å². The lowest BCUT2D eigenvalue weighted by molar-refractivity contribution is 0.163. The molecule has 0 rings (SSSR count). The van der Waals surface area contributed by atoms with Gasteiger partial charge >= 0.3 is 22.8 Å². The molecular formula is C19H43O10P3. The highest BCUT2D eigenvalue weighted by molar-refractivity contribution is 7.90. The van der Waals surface area contributed by atoms with Crippen LogP contribution in [0, 0.1) is 0 Å². The molecule has 1 N–H and O–H groups in total. The van der Waals surface area contributed by atoms with E-state index in [1.54, 1.807) is 41.5 Å². The van der Waals surface area contributed by atoms with Crippen LogP contribution in [0.1, 0.15) is 73.6 Å². The third kappa shape index (κ3) is 7.45. The van der Waals surface area contributed by atoms with Gasteiger partial charge in [0.15, 0.2) is 0 Å². The maximum absolute atomic E-state index is 14.4. The molecule has 0 aliphatic rings. The largest absolute Gasteiger partial charge is 0.396 e. The van der Waals surface area contributed by atoms with E-state index in [2.05, 4.69) is 0 Å². The highest BCUT2D eigenvalue weighted by Gasteiger charge is 2.76. The van der Waals surface area contributed by atoms with Gasteiger partial charge in [0, 0.05) is 6.61 Å². The van der Waals surface area contributed by atoms with Crippen molar-refractivity contribution in [3.05, 3.63) is 0 Å². The van der Waals surface area contributed by atoms with E-state index in [1.807, 2.05) is 0 Å². The molecule has 0 atom stereocenters. The summed E-state index contributed by atoms with van der Waals surface area (Å²) in [7, 11) is -13.4. The normalized spacial score (nSPS) is 13.6. The van der Waals surface area contributed by atoms with Gasteiger partial charge in [0.2, 0.25) is 0 Å². The highest BCUT2D eigenvalue weighted by atomic mass is 31.3. The van der Waals surface area contributed by atoms with E-state index in [1.165, 1.54) is 0 Å².